The van der Waals surface area contributed by atoms with E-state index in [4.69, 9.17) is 0 Å². The molecule has 1 N–H and O–H groups in total. The molecule has 1 aliphatic carbocycles. The molecule has 0 aromatic heterocycles. The molecule has 0 amide bonds. The first-order valence-electron chi connectivity index (χ1n) is 6.34. The van der Waals surface area contributed by atoms with Gasteiger partial charge in [0.05, 0.1) is 10.1 Å². The molecule has 0 heterocycles. The average molecular weight is 321 g/mol. The number of hydrogen-bond donors (Lipinski definition) is 1. The van der Waals surface area contributed by atoms with Crippen LogP contribution in [0.4, 0.5) is 4.39 Å². The van der Waals surface area contributed by atoms with Gasteiger partial charge in [-0.1, -0.05) is 36.4 Å². The maximum absolute atomic E-state index is 13.5. The minimum absolute atomic E-state index is 0.285. The van der Waals surface area contributed by atoms with Crippen LogP contribution in [0.2, 0.25) is 0 Å². The predicted octanol–water partition coefficient (Wildman–Crippen LogP) is 3.96. The second kappa shape index (κ2) is 4.73. The maximum atomic E-state index is 13.5. The van der Waals surface area contributed by atoms with Gasteiger partial charge >= 0.3 is 0 Å². The summed E-state index contributed by atoms with van der Waals surface area (Å²) in [7, 11) is 0. The Kier molecular flexibility index (Phi) is 3.19. The lowest BCUT2D eigenvalue weighted by Gasteiger charge is -2.24. The van der Waals surface area contributed by atoms with Gasteiger partial charge in [0.2, 0.25) is 0 Å². The monoisotopic (exact) mass is 320 g/mol. The first-order valence-corrected chi connectivity index (χ1v) is 7.13. The van der Waals surface area contributed by atoms with Crippen molar-refractivity contribution in [2.75, 3.05) is 0 Å². The fraction of sp³-hybridized carbons (Fsp3) is 0.250. The molecule has 0 aliphatic heterocycles. The highest BCUT2D eigenvalue weighted by atomic mass is 79.9. The van der Waals surface area contributed by atoms with Crippen LogP contribution < -0.4 is 0 Å². The molecule has 0 bridgehead atoms. The lowest BCUT2D eigenvalue weighted by molar-refractivity contribution is 0.0387. The average Bonchev–Trinajstić information content (AvgIpc) is 2.74. The molecule has 0 fully saturated rings. The van der Waals surface area contributed by atoms with Crippen LogP contribution in [-0.4, -0.2) is 5.11 Å². The van der Waals surface area contributed by atoms with Gasteiger partial charge in [-0.3, -0.25) is 0 Å². The molecule has 0 spiro atoms. The number of aliphatic hydroxyl groups is 1. The van der Waals surface area contributed by atoms with Crippen molar-refractivity contribution in [2.24, 2.45) is 0 Å². The molecule has 0 saturated carbocycles. The summed E-state index contributed by atoms with van der Waals surface area (Å²) in [6.45, 7) is 0. The molecule has 3 heteroatoms. The highest BCUT2D eigenvalue weighted by Gasteiger charge is 2.36. The van der Waals surface area contributed by atoms with E-state index < -0.39 is 5.60 Å². The Balaban J connectivity index is 1.98. The van der Waals surface area contributed by atoms with E-state index in [1.165, 1.54) is 11.6 Å². The van der Waals surface area contributed by atoms with Crippen molar-refractivity contribution in [2.45, 2.75) is 24.9 Å². The van der Waals surface area contributed by atoms with E-state index in [9.17, 15) is 9.50 Å². The predicted molar refractivity (Wildman–Crippen MR) is 76.5 cm³/mol. The quantitative estimate of drug-likeness (QED) is 0.887. The normalized spacial score (nSPS) is 21.4. The van der Waals surface area contributed by atoms with Crippen molar-refractivity contribution in [1.82, 2.24) is 0 Å². The molecule has 1 nitrogen and oxygen atoms in total. The van der Waals surface area contributed by atoms with Gasteiger partial charge in [0.25, 0.3) is 0 Å². The number of hydrogen-bond acceptors (Lipinski definition) is 1. The fourth-order valence-electron chi connectivity index (χ4n) is 2.85. The van der Waals surface area contributed by atoms with Gasteiger partial charge in [-0.2, -0.15) is 0 Å². The minimum atomic E-state index is -0.882. The fourth-order valence-corrected chi connectivity index (χ4v) is 3.26. The molecule has 19 heavy (non-hydrogen) atoms. The number of aryl methyl sites for hydroxylation is 1. The van der Waals surface area contributed by atoms with Crippen molar-refractivity contribution in [3.05, 3.63) is 69.4 Å². The van der Waals surface area contributed by atoms with Gasteiger partial charge in [0, 0.05) is 6.42 Å². The zero-order valence-corrected chi connectivity index (χ0v) is 12.0. The molecular formula is C16H14BrFO. The first kappa shape index (κ1) is 12.8. The summed E-state index contributed by atoms with van der Waals surface area (Å²) in [5.74, 6) is -0.285. The summed E-state index contributed by atoms with van der Waals surface area (Å²) in [5.41, 5.74) is 2.09. The lowest BCUT2D eigenvalue weighted by atomic mass is 9.89. The van der Waals surface area contributed by atoms with Crippen molar-refractivity contribution in [1.29, 1.82) is 0 Å². The summed E-state index contributed by atoms with van der Waals surface area (Å²) in [6, 6.07) is 12.9. The molecule has 1 atom stereocenters. The zero-order valence-electron chi connectivity index (χ0n) is 10.4. The van der Waals surface area contributed by atoms with E-state index in [0.717, 1.165) is 17.5 Å². The topological polar surface area (TPSA) is 20.2 Å². The van der Waals surface area contributed by atoms with Gasteiger partial charge < -0.3 is 5.11 Å². The summed E-state index contributed by atoms with van der Waals surface area (Å²) in [5, 5.41) is 10.9. The molecule has 0 saturated heterocycles. The van der Waals surface area contributed by atoms with E-state index in [1.54, 1.807) is 6.07 Å². The van der Waals surface area contributed by atoms with Gasteiger partial charge in [-0.25, -0.2) is 4.39 Å². The maximum Gasteiger partial charge on any atom is 0.137 e. The third kappa shape index (κ3) is 2.21. The van der Waals surface area contributed by atoms with E-state index in [0.29, 0.717) is 17.3 Å². The van der Waals surface area contributed by atoms with Gasteiger partial charge in [-0.05, 0) is 51.5 Å². The van der Waals surface area contributed by atoms with Gasteiger partial charge in [0.15, 0.2) is 0 Å². The molecule has 1 aliphatic rings. The largest absolute Gasteiger partial charge is 0.385 e. The van der Waals surface area contributed by atoms with Crippen LogP contribution in [0.15, 0.2) is 46.9 Å². The summed E-state index contributed by atoms with van der Waals surface area (Å²) < 4.78 is 14.0. The number of benzene rings is 2. The molecule has 2 aromatic carbocycles. The lowest BCUT2D eigenvalue weighted by Crippen LogP contribution is -2.25. The third-order valence-electron chi connectivity index (χ3n) is 3.84. The second-order valence-corrected chi connectivity index (χ2v) is 5.87. The molecule has 1 unspecified atom stereocenters. The second-order valence-electron chi connectivity index (χ2n) is 5.08. The number of fused-ring (bicyclic) bond motifs is 1. The summed E-state index contributed by atoms with van der Waals surface area (Å²) in [4.78, 5) is 0. The van der Waals surface area contributed by atoms with Crippen LogP contribution in [0.3, 0.4) is 0 Å². The Morgan fingerprint density at radius 3 is 2.79 bits per heavy atom. The van der Waals surface area contributed by atoms with E-state index in [1.807, 2.05) is 30.3 Å². The van der Waals surface area contributed by atoms with Crippen LogP contribution >= 0.6 is 15.9 Å². The highest BCUT2D eigenvalue weighted by molar-refractivity contribution is 9.10. The molecule has 2 aromatic rings. The standard InChI is InChI=1S/C16H14BrFO/c17-15-12(5-3-7-14(15)18)10-16(19)9-8-11-4-1-2-6-13(11)16/h1-7,19H,8-10H2. The van der Waals surface area contributed by atoms with Crippen LogP contribution in [-0.2, 0) is 18.4 Å². The van der Waals surface area contributed by atoms with E-state index in [2.05, 4.69) is 15.9 Å². The third-order valence-corrected chi connectivity index (χ3v) is 4.73. The van der Waals surface area contributed by atoms with Crippen molar-refractivity contribution < 1.29 is 9.50 Å². The first-order chi connectivity index (χ1) is 9.10. The summed E-state index contributed by atoms with van der Waals surface area (Å²) >= 11 is 3.27. The van der Waals surface area contributed by atoms with E-state index >= 15 is 0 Å². The van der Waals surface area contributed by atoms with Crippen molar-refractivity contribution in [3.8, 4) is 0 Å². The zero-order chi connectivity index (χ0) is 13.5. The molecular weight excluding hydrogens is 307 g/mol. The SMILES string of the molecule is OC1(Cc2cccc(F)c2Br)CCc2ccccc21. The number of halogens is 2. The Morgan fingerprint density at radius 1 is 1.16 bits per heavy atom. The highest BCUT2D eigenvalue weighted by Crippen LogP contribution is 2.40. The Hall–Kier alpha value is -1.19. The smallest absolute Gasteiger partial charge is 0.137 e. The molecule has 3 rings (SSSR count). The molecule has 0 radical (unpaired) electrons. The molecule has 98 valence electrons. The van der Waals surface area contributed by atoms with Gasteiger partial charge in [-0.15, -0.1) is 0 Å². The van der Waals surface area contributed by atoms with E-state index in [-0.39, 0.29) is 5.82 Å². The Labute approximate surface area is 120 Å². The Morgan fingerprint density at radius 2 is 1.95 bits per heavy atom. The minimum Gasteiger partial charge on any atom is -0.385 e. The van der Waals surface area contributed by atoms with Crippen LogP contribution in [0, 0.1) is 5.82 Å². The van der Waals surface area contributed by atoms with Crippen LogP contribution in [0.1, 0.15) is 23.1 Å². The van der Waals surface area contributed by atoms with Crippen LogP contribution in [0.25, 0.3) is 0 Å². The van der Waals surface area contributed by atoms with Gasteiger partial charge in [0.1, 0.15) is 5.82 Å². The Bertz CT molecular complexity index is 626. The van der Waals surface area contributed by atoms with Crippen molar-refractivity contribution in [3.63, 3.8) is 0 Å². The van der Waals surface area contributed by atoms with Crippen molar-refractivity contribution >= 4 is 15.9 Å². The van der Waals surface area contributed by atoms with Crippen LogP contribution in [0.5, 0.6) is 0 Å². The summed E-state index contributed by atoms with van der Waals surface area (Å²) in [6.07, 6.45) is 2.00. The number of rotatable bonds is 2.